The highest BCUT2D eigenvalue weighted by Gasteiger charge is 1.86. The minimum atomic E-state index is 0.334. The fourth-order valence-electron chi connectivity index (χ4n) is 0.584. The molecule has 0 aromatic carbocycles. The Morgan fingerprint density at radius 3 is 2.62 bits per heavy atom. The maximum Gasteiger partial charge on any atom is 0.109 e. The summed E-state index contributed by atoms with van der Waals surface area (Å²) in [5, 5.41) is 8.35. The van der Waals surface area contributed by atoms with Gasteiger partial charge in [0.05, 0.1) is 0 Å². The van der Waals surface area contributed by atoms with Gasteiger partial charge in [0, 0.05) is 6.61 Å². The first-order chi connectivity index (χ1) is 3.91. The van der Waals surface area contributed by atoms with Crippen LogP contribution in [0.1, 0.15) is 19.8 Å². The molecule has 0 aliphatic rings. The number of hydrogen-bond acceptors (Lipinski definition) is 1. The Morgan fingerprint density at radius 1 is 1.38 bits per heavy atom. The molecule has 1 nitrogen and oxygen atoms in total. The molecular weight excluding hydrogens is 98.9 g/mol. The summed E-state index contributed by atoms with van der Waals surface area (Å²) in [5.74, 6) is 0. The summed E-state index contributed by atoms with van der Waals surface area (Å²) in [7, 11) is 2.23. The molecule has 1 radical (unpaired) electrons. The third-order valence-corrected chi connectivity index (χ3v) is 1.06. The van der Waals surface area contributed by atoms with Gasteiger partial charge >= 0.3 is 0 Å². The van der Waals surface area contributed by atoms with Crippen LogP contribution in [0.5, 0.6) is 0 Å². The minimum Gasteiger partial charge on any atom is -0.396 e. The molecule has 0 spiro atoms. The van der Waals surface area contributed by atoms with E-state index in [0.717, 1.165) is 12.7 Å². The predicted octanol–water partition coefficient (Wildman–Crippen LogP) is 1.32. The molecule has 0 heterocycles. The zero-order valence-electron chi connectivity index (χ0n) is 5.56. The van der Waals surface area contributed by atoms with Crippen LogP contribution in [-0.4, -0.2) is 19.0 Å². The second-order valence-electron chi connectivity index (χ2n) is 1.94. The van der Waals surface area contributed by atoms with Gasteiger partial charge in [-0.1, -0.05) is 26.0 Å². The van der Waals surface area contributed by atoms with Crippen LogP contribution in [-0.2, 0) is 0 Å². The Labute approximate surface area is 52.3 Å². The molecule has 0 aromatic rings. The standard InChI is InChI=1S/C6H14BO/c1-2-4-7-5-3-6-8/h8H,2-6H2,1H3. The van der Waals surface area contributed by atoms with E-state index in [1.807, 2.05) is 0 Å². The zero-order valence-corrected chi connectivity index (χ0v) is 5.56. The maximum absolute atomic E-state index is 8.35. The Kier molecular flexibility index (Phi) is 7.05. The van der Waals surface area contributed by atoms with Crippen LogP contribution in [0.25, 0.3) is 0 Å². The molecule has 1 N–H and O–H groups in total. The van der Waals surface area contributed by atoms with Crippen molar-refractivity contribution in [3.05, 3.63) is 0 Å². The summed E-state index contributed by atoms with van der Waals surface area (Å²) >= 11 is 0. The first-order valence-electron chi connectivity index (χ1n) is 3.34. The smallest absolute Gasteiger partial charge is 0.109 e. The lowest BCUT2D eigenvalue weighted by atomic mass is 9.69. The van der Waals surface area contributed by atoms with Gasteiger partial charge in [-0.2, -0.15) is 0 Å². The van der Waals surface area contributed by atoms with Crippen molar-refractivity contribution < 1.29 is 5.11 Å². The van der Waals surface area contributed by atoms with Gasteiger partial charge in [0.25, 0.3) is 0 Å². The van der Waals surface area contributed by atoms with Gasteiger partial charge < -0.3 is 5.11 Å². The Bertz CT molecular complexity index is 33.5. The summed E-state index contributed by atoms with van der Waals surface area (Å²) in [6.07, 6.45) is 4.43. The fraction of sp³-hybridized carbons (Fsp3) is 1.00. The lowest BCUT2D eigenvalue weighted by Crippen LogP contribution is -1.89. The van der Waals surface area contributed by atoms with E-state index in [4.69, 9.17) is 5.11 Å². The van der Waals surface area contributed by atoms with E-state index in [-0.39, 0.29) is 0 Å². The van der Waals surface area contributed by atoms with Crippen molar-refractivity contribution in [3.63, 3.8) is 0 Å². The topological polar surface area (TPSA) is 20.2 Å². The second kappa shape index (κ2) is 7.02. The highest BCUT2D eigenvalue weighted by Crippen LogP contribution is 1.92. The summed E-state index contributed by atoms with van der Waals surface area (Å²) in [5.41, 5.74) is 0. The van der Waals surface area contributed by atoms with Gasteiger partial charge in [-0.15, -0.1) is 0 Å². The SMILES string of the molecule is CCC[B]CCCO. The van der Waals surface area contributed by atoms with Crippen LogP contribution < -0.4 is 0 Å². The molecule has 0 fully saturated rings. The van der Waals surface area contributed by atoms with E-state index in [1.54, 1.807) is 0 Å². The van der Waals surface area contributed by atoms with Crippen molar-refractivity contribution in [3.8, 4) is 0 Å². The molecule has 0 aliphatic heterocycles. The minimum absolute atomic E-state index is 0.334. The highest BCUT2D eigenvalue weighted by atomic mass is 16.2. The molecule has 47 valence electrons. The first kappa shape index (κ1) is 8.02. The van der Waals surface area contributed by atoms with Crippen LogP contribution in [0.4, 0.5) is 0 Å². The van der Waals surface area contributed by atoms with Crippen LogP contribution in [0.3, 0.4) is 0 Å². The zero-order chi connectivity index (χ0) is 6.24. The molecule has 0 unspecified atom stereocenters. The van der Waals surface area contributed by atoms with Crippen LogP contribution >= 0.6 is 0 Å². The van der Waals surface area contributed by atoms with Gasteiger partial charge in [-0.25, -0.2) is 0 Å². The van der Waals surface area contributed by atoms with E-state index < -0.39 is 0 Å². The van der Waals surface area contributed by atoms with Gasteiger partial charge in [-0.3, -0.25) is 0 Å². The highest BCUT2D eigenvalue weighted by molar-refractivity contribution is 6.35. The number of aliphatic hydroxyl groups excluding tert-OH is 1. The lowest BCUT2D eigenvalue weighted by Gasteiger charge is -1.91. The van der Waals surface area contributed by atoms with Crippen molar-refractivity contribution in [1.82, 2.24) is 0 Å². The summed E-state index contributed by atoms with van der Waals surface area (Å²) in [4.78, 5) is 0. The molecule has 0 aliphatic carbocycles. The lowest BCUT2D eigenvalue weighted by molar-refractivity contribution is 0.295. The average molecular weight is 113 g/mol. The van der Waals surface area contributed by atoms with Crippen molar-refractivity contribution in [2.24, 2.45) is 0 Å². The quantitative estimate of drug-likeness (QED) is 0.421. The number of hydrogen-bond donors (Lipinski definition) is 1. The van der Waals surface area contributed by atoms with Crippen molar-refractivity contribution in [1.29, 1.82) is 0 Å². The van der Waals surface area contributed by atoms with Crippen LogP contribution in [0.2, 0.25) is 12.6 Å². The number of aliphatic hydroxyl groups is 1. The Morgan fingerprint density at radius 2 is 2.12 bits per heavy atom. The van der Waals surface area contributed by atoms with Crippen LogP contribution in [0, 0.1) is 0 Å². The van der Waals surface area contributed by atoms with E-state index >= 15 is 0 Å². The molecule has 0 bridgehead atoms. The van der Waals surface area contributed by atoms with Gasteiger partial charge in [-0.05, 0) is 6.42 Å². The Balaban J connectivity index is 2.53. The third kappa shape index (κ3) is 6.02. The van der Waals surface area contributed by atoms with E-state index in [1.165, 1.54) is 12.7 Å². The summed E-state index contributed by atoms with van der Waals surface area (Å²) < 4.78 is 0. The molecule has 8 heavy (non-hydrogen) atoms. The van der Waals surface area contributed by atoms with Gasteiger partial charge in [0.2, 0.25) is 0 Å². The van der Waals surface area contributed by atoms with E-state index in [9.17, 15) is 0 Å². The monoisotopic (exact) mass is 113 g/mol. The third-order valence-electron chi connectivity index (χ3n) is 1.06. The normalized spacial score (nSPS) is 9.25. The second-order valence-corrected chi connectivity index (χ2v) is 1.94. The first-order valence-corrected chi connectivity index (χ1v) is 3.34. The molecule has 0 saturated carbocycles. The Hall–Kier alpha value is 0.0249. The average Bonchev–Trinajstić information content (AvgIpc) is 1.81. The van der Waals surface area contributed by atoms with Crippen LogP contribution in [0.15, 0.2) is 0 Å². The predicted molar refractivity (Wildman–Crippen MR) is 37.4 cm³/mol. The summed E-state index contributed by atoms with van der Waals surface area (Å²) in [6, 6.07) is 0. The van der Waals surface area contributed by atoms with Crippen molar-refractivity contribution in [2.45, 2.75) is 32.4 Å². The molecule has 0 saturated heterocycles. The largest absolute Gasteiger partial charge is 0.396 e. The number of rotatable bonds is 5. The summed E-state index contributed by atoms with van der Waals surface area (Å²) in [6.45, 7) is 2.50. The van der Waals surface area contributed by atoms with E-state index in [2.05, 4.69) is 14.2 Å². The molecule has 0 aromatic heterocycles. The molecular formula is C6H14BO. The van der Waals surface area contributed by atoms with Gasteiger partial charge in [0.15, 0.2) is 0 Å². The molecule has 0 rings (SSSR count). The fourth-order valence-corrected chi connectivity index (χ4v) is 0.584. The molecule has 2 heteroatoms. The molecule has 0 amide bonds. The maximum atomic E-state index is 8.35. The van der Waals surface area contributed by atoms with Crippen molar-refractivity contribution in [2.75, 3.05) is 6.61 Å². The van der Waals surface area contributed by atoms with Gasteiger partial charge in [0.1, 0.15) is 7.28 Å². The van der Waals surface area contributed by atoms with Crippen molar-refractivity contribution >= 4 is 7.28 Å². The van der Waals surface area contributed by atoms with E-state index in [0.29, 0.717) is 6.61 Å². The molecule has 0 atom stereocenters.